The van der Waals surface area contributed by atoms with Crippen molar-refractivity contribution in [3.05, 3.63) is 59.2 Å². The molecule has 5 amide bonds. The van der Waals surface area contributed by atoms with Crippen molar-refractivity contribution in [2.45, 2.75) is 95.7 Å². The Hall–Kier alpha value is -4.33. The van der Waals surface area contributed by atoms with Gasteiger partial charge in [-0.05, 0) is 74.1 Å². The highest BCUT2D eigenvalue weighted by Crippen LogP contribution is 2.34. The number of anilines is 2. The number of nitrogens with one attached hydrogen (secondary N) is 2. The summed E-state index contributed by atoms with van der Waals surface area (Å²) >= 11 is 0. The van der Waals surface area contributed by atoms with Crippen molar-refractivity contribution in [1.82, 2.24) is 10.6 Å². The summed E-state index contributed by atoms with van der Waals surface area (Å²) in [5, 5.41) is 5.01. The average molecular weight is 724 g/mol. The molecule has 286 valence electrons. The zero-order valence-electron chi connectivity index (χ0n) is 30.8. The second-order valence-electron chi connectivity index (χ2n) is 13.3. The van der Waals surface area contributed by atoms with Gasteiger partial charge in [0.25, 0.3) is 0 Å². The van der Waals surface area contributed by atoms with Gasteiger partial charge in [0.15, 0.2) is 0 Å². The summed E-state index contributed by atoms with van der Waals surface area (Å²) < 4.78 is 17.5. The molecule has 2 aromatic carbocycles. The first-order valence-corrected chi connectivity index (χ1v) is 18.4. The summed E-state index contributed by atoms with van der Waals surface area (Å²) in [6.45, 7) is 3.59. The van der Waals surface area contributed by atoms with Crippen LogP contribution in [0.1, 0.15) is 80.9 Å². The molecule has 13 heteroatoms. The number of imide groups is 1. The van der Waals surface area contributed by atoms with E-state index in [1.807, 2.05) is 49.3 Å². The Morgan fingerprint density at radius 3 is 2.17 bits per heavy atom. The van der Waals surface area contributed by atoms with Crippen LogP contribution in [-0.2, 0) is 57.6 Å². The highest BCUT2D eigenvalue weighted by molar-refractivity contribution is 6.04. The third kappa shape index (κ3) is 15.1. The molecule has 1 fully saturated rings. The van der Waals surface area contributed by atoms with Crippen LogP contribution in [0.15, 0.2) is 42.5 Å². The standard InChI is InChI=1S/C39H57N5O8/c1-43(2)38-32(11-7-13-34(38)44(29-46)35-19-21-37(48)42-39(35)49)12-9-25-51-23-6-4-3-5-22-50-24-8-10-30-14-16-31(17-15-30)26-52-27-33(41-28-45)18-20-36(40)47/h7,11,13-17,28-29,33,35H,3-6,8-10,12,18-27H2,1-2H3,(H2,40,47)(H,41,45)(H,42,48,49)/t33-,35?/m0/s1. The molecule has 0 saturated carbocycles. The highest BCUT2D eigenvalue weighted by Gasteiger charge is 2.33. The van der Waals surface area contributed by atoms with Crippen LogP contribution in [0.2, 0.25) is 0 Å². The van der Waals surface area contributed by atoms with Crippen LogP contribution in [0.25, 0.3) is 0 Å². The number of aryl methyl sites for hydroxylation is 2. The maximum absolute atomic E-state index is 12.5. The third-order valence-corrected chi connectivity index (χ3v) is 8.95. The maximum Gasteiger partial charge on any atom is 0.249 e. The summed E-state index contributed by atoms with van der Waals surface area (Å²) in [5.41, 5.74) is 10.1. The van der Waals surface area contributed by atoms with Crippen molar-refractivity contribution < 1.29 is 38.2 Å². The van der Waals surface area contributed by atoms with Crippen LogP contribution >= 0.6 is 0 Å². The van der Waals surface area contributed by atoms with Crippen molar-refractivity contribution >= 4 is 41.9 Å². The van der Waals surface area contributed by atoms with E-state index < -0.39 is 17.9 Å². The van der Waals surface area contributed by atoms with Crippen molar-refractivity contribution in [2.24, 2.45) is 5.73 Å². The van der Waals surface area contributed by atoms with Crippen LogP contribution in [0, 0.1) is 0 Å². The summed E-state index contributed by atoms with van der Waals surface area (Å²) in [5.74, 6) is -1.16. The van der Waals surface area contributed by atoms with Crippen molar-refractivity contribution in [2.75, 3.05) is 56.9 Å². The summed E-state index contributed by atoms with van der Waals surface area (Å²) in [4.78, 5) is 61.4. The Balaban J connectivity index is 1.21. The molecule has 0 spiro atoms. The molecule has 1 aliphatic heterocycles. The summed E-state index contributed by atoms with van der Waals surface area (Å²) in [7, 11) is 3.84. The topological polar surface area (TPSA) is 170 Å². The smallest absolute Gasteiger partial charge is 0.249 e. The van der Waals surface area contributed by atoms with E-state index in [9.17, 15) is 24.0 Å². The minimum Gasteiger partial charge on any atom is -0.381 e. The molecule has 4 N–H and O–H groups in total. The molecule has 1 heterocycles. The Bertz CT molecular complexity index is 1400. The maximum atomic E-state index is 12.5. The minimum atomic E-state index is -0.717. The van der Waals surface area contributed by atoms with Gasteiger partial charge in [-0.3, -0.25) is 29.3 Å². The van der Waals surface area contributed by atoms with Gasteiger partial charge in [-0.1, -0.05) is 49.2 Å². The SMILES string of the molecule is CN(C)c1c(CCCOCCCCCCOCCCc2ccc(COC[C@H](CCC(N)=O)NC=O)cc2)cccc1N(C=O)C1CCC(=O)NC1=O. The van der Waals surface area contributed by atoms with Crippen molar-refractivity contribution in [3.8, 4) is 0 Å². The zero-order valence-corrected chi connectivity index (χ0v) is 30.8. The molecular formula is C39H57N5O8. The number of nitrogens with two attached hydrogens (primary N) is 1. The van der Waals surface area contributed by atoms with Gasteiger partial charge in [0.2, 0.25) is 30.5 Å². The van der Waals surface area contributed by atoms with Crippen molar-refractivity contribution in [1.29, 1.82) is 0 Å². The third-order valence-electron chi connectivity index (χ3n) is 8.95. The van der Waals surface area contributed by atoms with Gasteiger partial charge >= 0.3 is 0 Å². The van der Waals surface area contributed by atoms with Crippen LogP contribution in [0.3, 0.4) is 0 Å². The van der Waals surface area contributed by atoms with Gasteiger partial charge in [0, 0.05) is 53.4 Å². The fourth-order valence-corrected chi connectivity index (χ4v) is 6.21. The molecule has 52 heavy (non-hydrogen) atoms. The van der Waals surface area contributed by atoms with E-state index in [-0.39, 0.29) is 24.8 Å². The molecule has 0 aromatic heterocycles. The molecule has 0 bridgehead atoms. The van der Waals surface area contributed by atoms with E-state index in [4.69, 9.17) is 19.9 Å². The number of primary amides is 1. The molecule has 13 nitrogen and oxygen atoms in total. The van der Waals surface area contributed by atoms with E-state index in [1.54, 1.807) is 0 Å². The number of amides is 5. The Morgan fingerprint density at radius 1 is 0.904 bits per heavy atom. The fourth-order valence-electron chi connectivity index (χ4n) is 6.21. The zero-order chi connectivity index (χ0) is 37.6. The van der Waals surface area contributed by atoms with E-state index in [1.165, 1.54) is 10.5 Å². The molecular weight excluding hydrogens is 666 g/mol. The lowest BCUT2D eigenvalue weighted by Crippen LogP contribution is -2.52. The van der Waals surface area contributed by atoms with Gasteiger partial charge in [0.1, 0.15) is 6.04 Å². The number of para-hydroxylation sites is 1. The van der Waals surface area contributed by atoms with Gasteiger partial charge in [-0.2, -0.15) is 0 Å². The number of hydrogen-bond acceptors (Lipinski definition) is 9. The predicted molar refractivity (Wildman–Crippen MR) is 200 cm³/mol. The number of ether oxygens (including phenoxy) is 3. The lowest BCUT2D eigenvalue weighted by Gasteiger charge is -2.33. The quantitative estimate of drug-likeness (QED) is 0.0675. The summed E-state index contributed by atoms with van der Waals surface area (Å²) in [6, 6.07) is 13.1. The first kappa shape index (κ1) is 42.1. The minimum absolute atomic E-state index is 0.201. The number of benzene rings is 2. The monoisotopic (exact) mass is 723 g/mol. The van der Waals surface area contributed by atoms with E-state index >= 15 is 0 Å². The van der Waals surface area contributed by atoms with Crippen LogP contribution in [0.5, 0.6) is 0 Å². The normalized spacial score (nSPS) is 14.8. The summed E-state index contributed by atoms with van der Waals surface area (Å²) in [6.07, 6.45) is 10.2. The first-order valence-electron chi connectivity index (χ1n) is 18.4. The molecule has 2 aromatic rings. The number of carbonyl (C=O) groups excluding carboxylic acids is 5. The lowest BCUT2D eigenvalue weighted by atomic mass is 10.0. The molecule has 3 rings (SSSR count). The fraction of sp³-hybridized carbons (Fsp3) is 0.564. The number of unbranched alkanes of at least 4 members (excludes halogenated alkanes) is 3. The lowest BCUT2D eigenvalue weighted by molar-refractivity contribution is -0.135. The van der Waals surface area contributed by atoms with Gasteiger partial charge < -0.3 is 35.1 Å². The second kappa shape index (κ2) is 24.0. The van der Waals surface area contributed by atoms with Gasteiger partial charge in [0.05, 0.1) is 30.6 Å². The number of carbonyl (C=O) groups is 5. The molecule has 1 saturated heterocycles. The molecule has 1 aliphatic rings. The van der Waals surface area contributed by atoms with Gasteiger partial charge in [-0.15, -0.1) is 0 Å². The molecule has 0 aliphatic carbocycles. The number of piperidine rings is 1. The Labute approximate surface area is 307 Å². The Morgan fingerprint density at radius 2 is 1.56 bits per heavy atom. The number of rotatable bonds is 28. The number of nitrogens with zero attached hydrogens (tertiary/aromatic N) is 2. The predicted octanol–water partition coefficient (Wildman–Crippen LogP) is 3.58. The van der Waals surface area contributed by atoms with E-state index in [2.05, 4.69) is 22.8 Å². The number of hydrogen-bond donors (Lipinski definition) is 3. The molecule has 0 radical (unpaired) electrons. The average Bonchev–Trinajstić information content (AvgIpc) is 3.12. The second-order valence-corrected chi connectivity index (χ2v) is 13.3. The van der Waals surface area contributed by atoms with Gasteiger partial charge in [-0.25, -0.2) is 0 Å². The Kier molecular flexibility index (Phi) is 19.4. The van der Waals surface area contributed by atoms with Crippen LogP contribution in [-0.4, -0.2) is 89.8 Å². The van der Waals surface area contributed by atoms with E-state index in [0.29, 0.717) is 51.2 Å². The van der Waals surface area contributed by atoms with Crippen LogP contribution in [0.4, 0.5) is 11.4 Å². The first-order chi connectivity index (χ1) is 25.2. The highest BCUT2D eigenvalue weighted by atomic mass is 16.5. The molecule has 2 atom stereocenters. The van der Waals surface area contributed by atoms with E-state index in [0.717, 1.165) is 88.0 Å². The largest absolute Gasteiger partial charge is 0.381 e. The van der Waals surface area contributed by atoms with Crippen LogP contribution < -0.4 is 26.2 Å². The van der Waals surface area contributed by atoms with Crippen molar-refractivity contribution in [3.63, 3.8) is 0 Å². The molecule has 1 unspecified atom stereocenters.